The van der Waals surface area contributed by atoms with Crippen LogP contribution in [0.1, 0.15) is 58.1 Å². The van der Waals surface area contributed by atoms with Crippen LogP contribution in [0.4, 0.5) is 0 Å². The molecule has 1 aromatic rings. The Hall–Kier alpha value is -0.760. The largest absolute Gasteiger partial charge is 0.472 e. The second-order valence-corrected chi connectivity index (χ2v) is 5.67. The zero-order valence-corrected chi connectivity index (χ0v) is 10.6. The van der Waals surface area contributed by atoms with E-state index in [1.807, 2.05) is 12.3 Å². The Morgan fingerprint density at radius 2 is 2.12 bits per heavy atom. The number of hydrogen-bond donors (Lipinski definition) is 1. The molecular weight excluding hydrogens is 198 g/mol. The van der Waals surface area contributed by atoms with Crippen molar-refractivity contribution in [1.29, 1.82) is 0 Å². The van der Waals surface area contributed by atoms with Crippen LogP contribution >= 0.6 is 0 Å². The number of hydrogen-bond acceptors (Lipinski definition) is 2. The van der Waals surface area contributed by atoms with Crippen LogP contribution in [-0.4, -0.2) is 5.54 Å². The topological polar surface area (TPSA) is 25.2 Å². The van der Waals surface area contributed by atoms with E-state index in [-0.39, 0.29) is 0 Å². The van der Waals surface area contributed by atoms with Crippen LogP contribution in [0.3, 0.4) is 0 Å². The number of nitrogens with one attached hydrogen (secondary N) is 1. The highest BCUT2D eigenvalue weighted by Gasteiger charge is 2.30. The lowest BCUT2D eigenvalue weighted by Crippen LogP contribution is -2.46. The van der Waals surface area contributed by atoms with Gasteiger partial charge in [-0.3, -0.25) is 0 Å². The highest BCUT2D eigenvalue weighted by molar-refractivity contribution is 5.11. The van der Waals surface area contributed by atoms with Gasteiger partial charge in [-0.15, -0.1) is 0 Å². The highest BCUT2D eigenvalue weighted by atomic mass is 16.3. The maximum absolute atomic E-state index is 5.13. The predicted molar refractivity (Wildman–Crippen MR) is 66.3 cm³/mol. The smallest absolute Gasteiger partial charge is 0.0950 e. The minimum atomic E-state index is 0.309. The summed E-state index contributed by atoms with van der Waals surface area (Å²) in [5.41, 5.74) is 1.56. The average molecular weight is 221 g/mol. The molecule has 1 heterocycles. The van der Waals surface area contributed by atoms with Crippen LogP contribution in [0, 0.1) is 5.92 Å². The van der Waals surface area contributed by atoms with E-state index in [1.165, 1.54) is 31.2 Å². The molecule has 0 saturated heterocycles. The van der Waals surface area contributed by atoms with Crippen LogP contribution in [0.25, 0.3) is 0 Å². The van der Waals surface area contributed by atoms with Crippen LogP contribution in [0.2, 0.25) is 0 Å². The summed E-state index contributed by atoms with van der Waals surface area (Å²) in [6.07, 6.45) is 8.86. The zero-order chi connectivity index (χ0) is 11.6. The minimum absolute atomic E-state index is 0.309. The zero-order valence-electron chi connectivity index (χ0n) is 10.6. The van der Waals surface area contributed by atoms with Gasteiger partial charge in [0.1, 0.15) is 0 Å². The van der Waals surface area contributed by atoms with Crippen molar-refractivity contribution >= 4 is 0 Å². The lowest BCUT2D eigenvalue weighted by Gasteiger charge is -2.39. The molecule has 1 fully saturated rings. The van der Waals surface area contributed by atoms with Gasteiger partial charge in [0.25, 0.3) is 0 Å². The SMILES string of the molecule is CC1CCC(C)(NC(C)c2ccoc2)CC1. The van der Waals surface area contributed by atoms with Crippen molar-refractivity contribution in [3.63, 3.8) is 0 Å². The third-order valence-corrected chi connectivity index (χ3v) is 3.99. The van der Waals surface area contributed by atoms with Crippen molar-refractivity contribution in [1.82, 2.24) is 5.32 Å². The Kier molecular flexibility index (Phi) is 3.38. The van der Waals surface area contributed by atoms with E-state index < -0.39 is 0 Å². The van der Waals surface area contributed by atoms with Gasteiger partial charge >= 0.3 is 0 Å². The molecule has 2 nitrogen and oxygen atoms in total. The molecule has 16 heavy (non-hydrogen) atoms. The summed E-state index contributed by atoms with van der Waals surface area (Å²) in [6.45, 7) is 6.93. The molecule has 1 aromatic heterocycles. The first-order chi connectivity index (χ1) is 7.59. The van der Waals surface area contributed by atoms with Gasteiger partial charge in [0.2, 0.25) is 0 Å². The van der Waals surface area contributed by atoms with Gasteiger partial charge in [0, 0.05) is 17.1 Å². The molecule has 1 aliphatic rings. The van der Waals surface area contributed by atoms with E-state index >= 15 is 0 Å². The molecule has 0 aliphatic heterocycles. The van der Waals surface area contributed by atoms with Crippen LogP contribution < -0.4 is 5.32 Å². The molecule has 0 amide bonds. The molecule has 0 spiro atoms. The number of furan rings is 1. The molecule has 0 bridgehead atoms. The Bertz CT molecular complexity index is 309. The van der Waals surface area contributed by atoms with Crippen molar-refractivity contribution in [2.75, 3.05) is 0 Å². The number of rotatable bonds is 3. The summed E-state index contributed by atoms with van der Waals surface area (Å²) in [5.74, 6) is 0.902. The maximum Gasteiger partial charge on any atom is 0.0950 e. The van der Waals surface area contributed by atoms with Gasteiger partial charge in [-0.25, -0.2) is 0 Å². The summed E-state index contributed by atoms with van der Waals surface area (Å²) in [5, 5.41) is 3.76. The van der Waals surface area contributed by atoms with E-state index in [0.717, 1.165) is 5.92 Å². The third-order valence-electron chi connectivity index (χ3n) is 3.99. The Balaban J connectivity index is 1.93. The monoisotopic (exact) mass is 221 g/mol. The van der Waals surface area contributed by atoms with Gasteiger partial charge in [0.05, 0.1) is 12.5 Å². The highest BCUT2D eigenvalue weighted by Crippen LogP contribution is 2.33. The van der Waals surface area contributed by atoms with Crippen molar-refractivity contribution in [2.24, 2.45) is 5.92 Å². The summed E-state index contributed by atoms with van der Waals surface area (Å²) in [6, 6.07) is 2.43. The standard InChI is InChI=1S/C14H23NO/c1-11-4-7-14(3,8-5-11)15-12(2)13-6-9-16-10-13/h6,9-12,15H,4-5,7-8H2,1-3H3. The quantitative estimate of drug-likeness (QED) is 0.837. The van der Waals surface area contributed by atoms with E-state index in [1.54, 1.807) is 6.26 Å². The van der Waals surface area contributed by atoms with Crippen LogP contribution in [-0.2, 0) is 0 Å². The van der Waals surface area contributed by atoms with Gasteiger partial charge in [-0.1, -0.05) is 6.92 Å². The molecule has 2 rings (SSSR count). The molecule has 1 saturated carbocycles. The van der Waals surface area contributed by atoms with E-state index in [2.05, 4.69) is 26.1 Å². The summed E-state index contributed by atoms with van der Waals surface area (Å²) < 4.78 is 5.13. The Labute approximate surface area is 98.4 Å². The Morgan fingerprint density at radius 1 is 1.44 bits per heavy atom. The third kappa shape index (κ3) is 2.67. The lowest BCUT2D eigenvalue weighted by atomic mass is 9.78. The van der Waals surface area contributed by atoms with Crippen molar-refractivity contribution < 1.29 is 4.42 Å². The summed E-state index contributed by atoms with van der Waals surface area (Å²) >= 11 is 0. The van der Waals surface area contributed by atoms with Crippen molar-refractivity contribution in [2.45, 2.75) is 58.0 Å². The van der Waals surface area contributed by atoms with Crippen molar-refractivity contribution in [3.05, 3.63) is 24.2 Å². The summed E-state index contributed by atoms with van der Waals surface area (Å²) in [7, 11) is 0. The van der Waals surface area contributed by atoms with E-state index in [9.17, 15) is 0 Å². The minimum Gasteiger partial charge on any atom is -0.472 e. The second kappa shape index (κ2) is 4.62. The second-order valence-electron chi connectivity index (χ2n) is 5.67. The molecule has 90 valence electrons. The van der Waals surface area contributed by atoms with E-state index in [0.29, 0.717) is 11.6 Å². The maximum atomic E-state index is 5.13. The van der Waals surface area contributed by atoms with Crippen molar-refractivity contribution in [3.8, 4) is 0 Å². The van der Waals surface area contributed by atoms with Crippen LogP contribution in [0.15, 0.2) is 23.0 Å². The first kappa shape index (κ1) is 11.7. The molecule has 0 aromatic carbocycles. The van der Waals surface area contributed by atoms with Gasteiger partial charge in [-0.05, 0) is 51.5 Å². The first-order valence-electron chi connectivity index (χ1n) is 6.39. The Morgan fingerprint density at radius 3 is 2.69 bits per heavy atom. The fourth-order valence-corrected chi connectivity index (χ4v) is 2.67. The molecule has 0 radical (unpaired) electrons. The molecule has 2 heteroatoms. The van der Waals surface area contributed by atoms with E-state index in [4.69, 9.17) is 4.42 Å². The molecule has 1 N–H and O–H groups in total. The van der Waals surface area contributed by atoms with Gasteiger partial charge in [-0.2, -0.15) is 0 Å². The first-order valence-corrected chi connectivity index (χ1v) is 6.39. The van der Waals surface area contributed by atoms with Gasteiger partial charge in [0.15, 0.2) is 0 Å². The normalized spacial score (nSPS) is 32.6. The molecule has 1 atom stereocenters. The molecule has 1 aliphatic carbocycles. The molecule has 1 unspecified atom stereocenters. The fraction of sp³-hybridized carbons (Fsp3) is 0.714. The average Bonchev–Trinajstić information content (AvgIpc) is 2.76. The van der Waals surface area contributed by atoms with Crippen LogP contribution in [0.5, 0.6) is 0 Å². The molecular formula is C14H23NO. The lowest BCUT2D eigenvalue weighted by molar-refractivity contribution is 0.198. The van der Waals surface area contributed by atoms with Gasteiger partial charge < -0.3 is 9.73 Å². The fourth-order valence-electron chi connectivity index (χ4n) is 2.67. The summed E-state index contributed by atoms with van der Waals surface area (Å²) in [4.78, 5) is 0. The predicted octanol–water partition coefficient (Wildman–Crippen LogP) is 3.90.